The average Bonchev–Trinajstić information content (AvgIpc) is 2.64. The van der Waals surface area contributed by atoms with Gasteiger partial charge in [-0.25, -0.2) is 4.79 Å². The first-order valence-electron chi connectivity index (χ1n) is 8.96. The summed E-state index contributed by atoms with van der Waals surface area (Å²) < 4.78 is 5.38. The third-order valence-corrected chi connectivity index (χ3v) is 4.65. The number of ether oxygens (including phenoxy) is 1. The number of rotatable bonds is 6. The zero-order valence-corrected chi connectivity index (χ0v) is 15.2. The molecule has 138 valence electrons. The molecule has 1 heterocycles. The third kappa shape index (κ3) is 5.74. The lowest BCUT2D eigenvalue weighted by Gasteiger charge is -2.35. The molecule has 0 aromatic heterocycles. The molecule has 1 saturated heterocycles. The Labute approximate surface area is 149 Å². The summed E-state index contributed by atoms with van der Waals surface area (Å²) >= 11 is 0. The minimum Gasteiger partial charge on any atom is -0.445 e. The van der Waals surface area contributed by atoms with Gasteiger partial charge < -0.3 is 20.3 Å². The number of hydrogen-bond donors (Lipinski definition) is 1. The van der Waals surface area contributed by atoms with E-state index >= 15 is 0 Å². The molecule has 2 rings (SSSR count). The molecule has 1 aliphatic heterocycles. The summed E-state index contributed by atoms with van der Waals surface area (Å²) in [5.41, 5.74) is 6.48. The predicted octanol–water partition coefficient (Wildman–Crippen LogP) is 2.23. The number of likely N-dealkylation sites (tertiary alicyclic amines) is 1. The van der Waals surface area contributed by atoms with Crippen LogP contribution in [0.5, 0.6) is 0 Å². The van der Waals surface area contributed by atoms with Crippen LogP contribution in [0.3, 0.4) is 0 Å². The monoisotopic (exact) mass is 347 g/mol. The summed E-state index contributed by atoms with van der Waals surface area (Å²) in [6, 6.07) is 9.81. The number of amides is 2. The van der Waals surface area contributed by atoms with Crippen LogP contribution in [-0.4, -0.2) is 54.0 Å². The molecule has 0 unspecified atom stereocenters. The van der Waals surface area contributed by atoms with Gasteiger partial charge in [-0.15, -0.1) is 0 Å². The fraction of sp³-hybridized carbons (Fsp3) is 0.579. The van der Waals surface area contributed by atoms with E-state index in [2.05, 4.69) is 0 Å². The Bertz CT molecular complexity index is 554. The third-order valence-electron chi connectivity index (χ3n) is 4.65. The van der Waals surface area contributed by atoms with Crippen molar-refractivity contribution in [3.63, 3.8) is 0 Å². The highest BCUT2D eigenvalue weighted by Gasteiger charge is 2.27. The van der Waals surface area contributed by atoms with Gasteiger partial charge in [-0.2, -0.15) is 0 Å². The molecule has 2 amide bonds. The molecule has 0 radical (unpaired) electrons. The molecular formula is C19H29N3O3. The topological polar surface area (TPSA) is 75.9 Å². The standard InChI is InChI=1S/C19H29N3O3/c1-15(2)22(18(23)12-20)13-16-8-10-21(11-9-16)19(24)25-14-17-6-4-3-5-7-17/h3-7,15-16H,8-14,20H2,1-2H3. The zero-order valence-electron chi connectivity index (χ0n) is 15.2. The van der Waals surface area contributed by atoms with Crippen molar-refractivity contribution < 1.29 is 14.3 Å². The number of carbonyl (C=O) groups is 2. The maximum Gasteiger partial charge on any atom is 0.410 e. The number of carbonyl (C=O) groups excluding carboxylic acids is 2. The Morgan fingerprint density at radius 2 is 1.88 bits per heavy atom. The molecule has 2 N–H and O–H groups in total. The molecule has 1 aromatic carbocycles. The molecule has 1 aliphatic rings. The molecule has 6 nitrogen and oxygen atoms in total. The number of nitrogens with zero attached hydrogens (tertiary/aromatic N) is 2. The maximum absolute atomic E-state index is 12.2. The van der Waals surface area contributed by atoms with Crippen LogP contribution in [-0.2, 0) is 16.1 Å². The number of nitrogens with two attached hydrogens (primary N) is 1. The minimum atomic E-state index is -0.263. The molecule has 25 heavy (non-hydrogen) atoms. The van der Waals surface area contributed by atoms with E-state index in [1.54, 1.807) is 4.90 Å². The van der Waals surface area contributed by atoms with Gasteiger partial charge in [0.05, 0.1) is 6.54 Å². The quantitative estimate of drug-likeness (QED) is 0.856. The minimum absolute atomic E-state index is 0.0142. The fourth-order valence-corrected chi connectivity index (χ4v) is 3.10. The van der Waals surface area contributed by atoms with Crippen molar-refractivity contribution in [2.24, 2.45) is 11.7 Å². The Morgan fingerprint density at radius 1 is 1.24 bits per heavy atom. The molecule has 0 bridgehead atoms. The predicted molar refractivity (Wildman–Crippen MR) is 96.8 cm³/mol. The maximum atomic E-state index is 12.2. The number of benzene rings is 1. The summed E-state index contributed by atoms with van der Waals surface area (Å²) in [5.74, 6) is 0.385. The Hall–Kier alpha value is -2.08. The largest absolute Gasteiger partial charge is 0.445 e. The van der Waals surface area contributed by atoms with Gasteiger partial charge in [-0.1, -0.05) is 30.3 Å². The van der Waals surface area contributed by atoms with Crippen LogP contribution < -0.4 is 5.73 Å². The van der Waals surface area contributed by atoms with E-state index < -0.39 is 0 Å². The first kappa shape index (κ1) is 19.2. The second-order valence-corrected chi connectivity index (χ2v) is 6.81. The lowest BCUT2D eigenvalue weighted by atomic mass is 9.96. The van der Waals surface area contributed by atoms with E-state index in [9.17, 15) is 9.59 Å². The second-order valence-electron chi connectivity index (χ2n) is 6.81. The molecule has 0 saturated carbocycles. The lowest BCUT2D eigenvalue weighted by molar-refractivity contribution is -0.132. The fourth-order valence-electron chi connectivity index (χ4n) is 3.10. The molecule has 1 fully saturated rings. The van der Waals surface area contributed by atoms with Gasteiger partial charge in [0.1, 0.15) is 6.61 Å². The van der Waals surface area contributed by atoms with Gasteiger partial charge in [0.15, 0.2) is 0 Å². The number of hydrogen-bond acceptors (Lipinski definition) is 4. The summed E-state index contributed by atoms with van der Waals surface area (Å²) in [5, 5.41) is 0. The van der Waals surface area contributed by atoms with Gasteiger partial charge in [-0.3, -0.25) is 4.79 Å². The van der Waals surface area contributed by atoms with Gasteiger partial charge in [-0.05, 0) is 38.2 Å². The van der Waals surface area contributed by atoms with E-state index in [4.69, 9.17) is 10.5 Å². The van der Waals surface area contributed by atoms with Crippen LogP contribution in [0.25, 0.3) is 0 Å². The molecule has 6 heteroatoms. The van der Waals surface area contributed by atoms with Crippen molar-refractivity contribution in [2.45, 2.75) is 39.3 Å². The number of piperidine rings is 1. The van der Waals surface area contributed by atoms with Crippen LogP contribution in [0.1, 0.15) is 32.3 Å². The molecule has 1 aromatic rings. The van der Waals surface area contributed by atoms with Crippen molar-refractivity contribution in [1.29, 1.82) is 0 Å². The summed E-state index contributed by atoms with van der Waals surface area (Å²) in [7, 11) is 0. The van der Waals surface area contributed by atoms with Crippen LogP contribution >= 0.6 is 0 Å². The molecule has 0 aliphatic carbocycles. The summed E-state index contributed by atoms with van der Waals surface area (Å²) in [6.45, 7) is 6.39. The molecule has 0 atom stereocenters. The Morgan fingerprint density at radius 3 is 2.44 bits per heavy atom. The van der Waals surface area contributed by atoms with Crippen LogP contribution in [0.2, 0.25) is 0 Å². The van der Waals surface area contributed by atoms with Crippen LogP contribution in [0, 0.1) is 5.92 Å². The second kappa shape index (κ2) is 9.42. The highest BCUT2D eigenvalue weighted by molar-refractivity contribution is 5.78. The highest BCUT2D eigenvalue weighted by Crippen LogP contribution is 2.20. The van der Waals surface area contributed by atoms with Crippen molar-refractivity contribution in [1.82, 2.24) is 9.80 Å². The van der Waals surface area contributed by atoms with E-state index in [1.165, 1.54) is 0 Å². The molecular weight excluding hydrogens is 318 g/mol. The van der Waals surface area contributed by atoms with E-state index in [0.29, 0.717) is 32.2 Å². The smallest absolute Gasteiger partial charge is 0.410 e. The van der Waals surface area contributed by atoms with E-state index in [-0.39, 0.29) is 24.6 Å². The molecule has 0 spiro atoms. The van der Waals surface area contributed by atoms with Crippen molar-refractivity contribution >= 4 is 12.0 Å². The Kier molecular flexibility index (Phi) is 7.25. The first-order chi connectivity index (χ1) is 12.0. The lowest BCUT2D eigenvalue weighted by Crippen LogP contribution is -2.46. The van der Waals surface area contributed by atoms with Crippen molar-refractivity contribution in [3.05, 3.63) is 35.9 Å². The SMILES string of the molecule is CC(C)N(CC1CCN(C(=O)OCc2ccccc2)CC1)C(=O)CN. The van der Waals surface area contributed by atoms with Gasteiger partial charge in [0.25, 0.3) is 0 Å². The van der Waals surface area contributed by atoms with Crippen LogP contribution in [0.15, 0.2) is 30.3 Å². The van der Waals surface area contributed by atoms with Crippen molar-refractivity contribution in [3.8, 4) is 0 Å². The summed E-state index contributed by atoms with van der Waals surface area (Å²) in [6.07, 6.45) is 1.49. The highest BCUT2D eigenvalue weighted by atomic mass is 16.6. The zero-order chi connectivity index (χ0) is 18.2. The van der Waals surface area contributed by atoms with Crippen LogP contribution in [0.4, 0.5) is 4.79 Å². The normalized spacial score (nSPS) is 15.3. The Balaban J connectivity index is 1.76. The van der Waals surface area contributed by atoms with E-state index in [0.717, 1.165) is 18.4 Å². The van der Waals surface area contributed by atoms with E-state index in [1.807, 2.05) is 49.1 Å². The van der Waals surface area contributed by atoms with Gasteiger partial charge in [0.2, 0.25) is 5.91 Å². The van der Waals surface area contributed by atoms with Gasteiger partial charge >= 0.3 is 6.09 Å². The van der Waals surface area contributed by atoms with Crippen molar-refractivity contribution in [2.75, 3.05) is 26.2 Å². The summed E-state index contributed by atoms with van der Waals surface area (Å²) in [4.78, 5) is 27.7. The van der Waals surface area contributed by atoms with Gasteiger partial charge in [0, 0.05) is 25.7 Å². The average molecular weight is 347 g/mol. The first-order valence-corrected chi connectivity index (χ1v) is 8.96.